The van der Waals surface area contributed by atoms with Gasteiger partial charge >= 0.3 is 0 Å². The molecular formula is C12H16BrNOS. The van der Waals surface area contributed by atoms with Crippen LogP contribution in [0, 0.1) is 13.8 Å². The molecule has 1 aromatic rings. The Morgan fingerprint density at radius 3 is 2.75 bits per heavy atom. The van der Waals surface area contributed by atoms with Gasteiger partial charge in [-0.1, -0.05) is 22.4 Å². The Morgan fingerprint density at radius 2 is 2.25 bits per heavy atom. The number of alkyl halides is 1. The molecule has 1 N–H and O–H groups in total. The number of carbonyl (C=O) groups is 1. The van der Waals surface area contributed by atoms with Crippen molar-refractivity contribution in [3.63, 3.8) is 0 Å². The second kappa shape index (κ2) is 4.88. The minimum atomic E-state index is 0.0811. The van der Waals surface area contributed by atoms with Gasteiger partial charge in [0.1, 0.15) is 0 Å². The summed E-state index contributed by atoms with van der Waals surface area (Å²) in [7, 11) is 0. The van der Waals surface area contributed by atoms with Crippen molar-refractivity contribution < 1.29 is 4.79 Å². The van der Waals surface area contributed by atoms with E-state index < -0.39 is 0 Å². The first-order valence-electron chi connectivity index (χ1n) is 5.60. The summed E-state index contributed by atoms with van der Waals surface area (Å²) in [6.07, 6.45) is 3.45. The van der Waals surface area contributed by atoms with Gasteiger partial charge in [-0.15, -0.1) is 11.3 Å². The first-order valence-corrected chi connectivity index (χ1v) is 7.33. The summed E-state index contributed by atoms with van der Waals surface area (Å²) >= 11 is 5.19. The average Bonchev–Trinajstić information content (AvgIpc) is 2.76. The van der Waals surface area contributed by atoms with Crippen LogP contribution in [-0.4, -0.2) is 16.8 Å². The second-order valence-corrected chi connectivity index (χ2v) is 6.81. The van der Waals surface area contributed by atoms with Crippen molar-refractivity contribution in [3.05, 3.63) is 21.4 Å². The lowest BCUT2D eigenvalue weighted by molar-refractivity contribution is 0.0943. The highest BCUT2D eigenvalue weighted by Crippen LogP contribution is 2.27. The predicted octanol–water partition coefficient (Wildman–Crippen LogP) is 3.41. The average molecular weight is 302 g/mol. The molecule has 2 nitrogen and oxygen atoms in total. The molecule has 1 fully saturated rings. The highest BCUT2D eigenvalue weighted by Gasteiger charge is 2.26. The number of rotatable bonds is 2. The molecule has 2 rings (SSSR count). The summed E-state index contributed by atoms with van der Waals surface area (Å²) in [4.78, 5) is 14.5. The number of thiophene rings is 1. The van der Waals surface area contributed by atoms with E-state index in [9.17, 15) is 4.79 Å². The van der Waals surface area contributed by atoms with Crippen molar-refractivity contribution in [2.75, 3.05) is 0 Å². The summed E-state index contributed by atoms with van der Waals surface area (Å²) in [5.41, 5.74) is 1.21. The summed E-state index contributed by atoms with van der Waals surface area (Å²) in [5, 5.41) is 3.11. The fourth-order valence-electron chi connectivity index (χ4n) is 2.00. The van der Waals surface area contributed by atoms with E-state index in [0.717, 1.165) is 17.7 Å². The molecule has 0 aliphatic heterocycles. The molecule has 1 heterocycles. The van der Waals surface area contributed by atoms with E-state index in [2.05, 4.69) is 28.2 Å². The van der Waals surface area contributed by atoms with Crippen LogP contribution in [0.15, 0.2) is 6.07 Å². The van der Waals surface area contributed by atoms with Crippen LogP contribution in [0.1, 0.15) is 39.4 Å². The molecule has 0 aromatic carbocycles. The number of halogens is 1. The van der Waals surface area contributed by atoms with Gasteiger partial charge in [-0.3, -0.25) is 4.79 Å². The first-order chi connectivity index (χ1) is 7.58. The third-order valence-electron chi connectivity index (χ3n) is 3.14. The van der Waals surface area contributed by atoms with E-state index in [4.69, 9.17) is 0 Å². The fraction of sp³-hybridized carbons (Fsp3) is 0.583. The zero-order valence-electron chi connectivity index (χ0n) is 9.55. The Balaban J connectivity index is 2.02. The van der Waals surface area contributed by atoms with Crippen LogP contribution in [0.4, 0.5) is 0 Å². The second-order valence-electron chi connectivity index (χ2n) is 4.38. The van der Waals surface area contributed by atoms with Crippen molar-refractivity contribution >= 4 is 33.2 Å². The van der Waals surface area contributed by atoms with Gasteiger partial charge in [0.15, 0.2) is 0 Å². The molecule has 1 amide bonds. The summed E-state index contributed by atoms with van der Waals surface area (Å²) in [6.45, 7) is 4.10. The lowest BCUT2D eigenvalue weighted by Crippen LogP contribution is -2.37. The molecule has 1 saturated carbocycles. The summed E-state index contributed by atoms with van der Waals surface area (Å²) in [5.74, 6) is 0.0811. The monoisotopic (exact) mass is 301 g/mol. The minimum Gasteiger partial charge on any atom is -0.347 e. The summed E-state index contributed by atoms with van der Waals surface area (Å²) < 4.78 is 0. The third kappa shape index (κ3) is 2.48. The topological polar surface area (TPSA) is 29.1 Å². The number of hydrogen-bond donors (Lipinski definition) is 1. The van der Waals surface area contributed by atoms with Gasteiger partial charge in [-0.05, 0) is 38.3 Å². The molecule has 1 aromatic heterocycles. The molecule has 2 unspecified atom stereocenters. The zero-order chi connectivity index (χ0) is 11.7. The Kier molecular flexibility index (Phi) is 3.70. The molecule has 1 aliphatic carbocycles. The molecule has 0 radical (unpaired) electrons. The highest BCUT2D eigenvalue weighted by molar-refractivity contribution is 9.09. The lowest BCUT2D eigenvalue weighted by Gasteiger charge is -2.15. The predicted molar refractivity (Wildman–Crippen MR) is 71.6 cm³/mol. The van der Waals surface area contributed by atoms with Gasteiger partial charge in [-0.2, -0.15) is 0 Å². The Labute approximate surface area is 109 Å². The van der Waals surface area contributed by atoms with Crippen LogP contribution in [0.25, 0.3) is 0 Å². The van der Waals surface area contributed by atoms with Crippen molar-refractivity contribution in [3.8, 4) is 0 Å². The van der Waals surface area contributed by atoms with E-state index in [-0.39, 0.29) is 5.91 Å². The largest absolute Gasteiger partial charge is 0.347 e. The van der Waals surface area contributed by atoms with Crippen molar-refractivity contribution in [2.45, 2.75) is 44.0 Å². The molecule has 88 valence electrons. The number of nitrogens with one attached hydrogen (secondary N) is 1. The van der Waals surface area contributed by atoms with Crippen LogP contribution in [0.5, 0.6) is 0 Å². The van der Waals surface area contributed by atoms with Crippen molar-refractivity contribution in [1.29, 1.82) is 0 Å². The Hall–Kier alpha value is -0.350. The molecule has 0 saturated heterocycles. The van der Waals surface area contributed by atoms with Crippen LogP contribution in [-0.2, 0) is 0 Å². The molecule has 0 bridgehead atoms. The maximum atomic E-state index is 12.0. The van der Waals surface area contributed by atoms with Gasteiger partial charge in [-0.25, -0.2) is 0 Å². The molecule has 1 aliphatic rings. The smallest absolute Gasteiger partial charge is 0.261 e. The van der Waals surface area contributed by atoms with E-state index in [1.165, 1.54) is 16.9 Å². The number of aryl methyl sites for hydroxylation is 2. The van der Waals surface area contributed by atoms with E-state index >= 15 is 0 Å². The zero-order valence-corrected chi connectivity index (χ0v) is 12.0. The number of carbonyl (C=O) groups excluding carboxylic acids is 1. The standard InChI is InChI=1S/C12H16BrNOS/c1-7-6-11(16-8(7)2)12(15)14-10-5-3-4-9(10)13/h6,9-10H,3-5H2,1-2H3,(H,14,15). The lowest BCUT2D eigenvalue weighted by atomic mass is 10.2. The first kappa shape index (κ1) is 12.1. The SMILES string of the molecule is Cc1cc(C(=O)NC2CCCC2Br)sc1C. The van der Waals surface area contributed by atoms with Crippen molar-refractivity contribution in [1.82, 2.24) is 5.32 Å². The Morgan fingerprint density at radius 1 is 1.50 bits per heavy atom. The van der Waals surface area contributed by atoms with Gasteiger partial charge in [0.25, 0.3) is 5.91 Å². The quantitative estimate of drug-likeness (QED) is 0.833. The normalized spacial score (nSPS) is 24.7. The molecular weight excluding hydrogens is 286 g/mol. The van der Waals surface area contributed by atoms with E-state index in [1.54, 1.807) is 11.3 Å². The molecule has 0 spiro atoms. The maximum Gasteiger partial charge on any atom is 0.261 e. The van der Waals surface area contributed by atoms with Crippen LogP contribution < -0.4 is 5.32 Å². The summed E-state index contributed by atoms with van der Waals surface area (Å²) in [6, 6.07) is 2.28. The maximum absolute atomic E-state index is 12.0. The van der Waals surface area contributed by atoms with Crippen LogP contribution >= 0.6 is 27.3 Å². The molecule has 4 heteroatoms. The van der Waals surface area contributed by atoms with Gasteiger partial charge in [0.2, 0.25) is 0 Å². The van der Waals surface area contributed by atoms with Crippen LogP contribution in [0.3, 0.4) is 0 Å². The fourth-order valence-corrected chi connectivity index (χ4v) is 3.66. The highest BCUT2D eigenvalue weighted by atomic mass is 79.9. The van der Waals surface area contributed by atoms with Gasteiger partial charge in [0.05, 0.1) is 4.88 Å². The molecule has 2 atom stereocenters. The Bertz CT molecular complexity index is 382. The van der Waals surface area contributed by atoms with Gasteiger partial charge < -0.3 is 5.32 Å². The van der Waals surface area contributed by atoms with E-state index in [1.807, 2.05) is 13.0 Å². The van der Waals surface area contributed by atoms with Gasteiger partial charge in [0, 0.05) is 15.7 Å². The van der Waals surface area contributed by atoms with Crippen LogP contribution in [0.2, 0.25) is 0 Å². The third-order valence-corrected chi connectivity index (χ3v) is 5.39. The van der Waals surface area contributed by atoms with E-state index in [0.29, 0.717) is 10.9 Å². The molecule has 16 heavy (non-hydrogen) atoms. The van der Waals surface area contributed by atoms with Crippen molar-refractivity contribution in [2.24, 2.45) is 0 Å². The number of amides is 1. The minimum absolute atomic E-state index is 0.0811. The number of hydrogen-bond acceptors (Lipinski definition) is 2.